The van der Waals surface area contributed by atoms with Crippen molar-refractivity contribution in [3.63, 3.8) is 0 Å². The quantitative estimate of drug-likeness (QED) is 0.618. The molecule has 5 rings (SSSR count). The summed E-state index contributed by atoms with van der Waals surface area (Å²) in [5.74, 6) is -2.39. The van der Waals surface area contributed by atoms with Crippen LogP contribution in [0.1, 0.15) is 53.4 Å². The lowest BCUT2D eigenvalue weighted by Crippen LogP contribution is -2.63. The largest absolute Gasteiger partial charge is 0.343 e. The van der Waals surface area contributed by atoms with Crippen molar-refractivity contribution in [2.24, 2.45) is 0 Å². The molecule has 0 saturated carbocycles. The Bertz CT molecular complexity index is 831. The van der Waals surface area contributed by atoms with Gasteiger partial charge in [-0.25, -0.2) is 0 Å². The molecule has 0 aromatic carbocycles. The Kier molecular flexibility index (Phi) is 6.43. The molecular formula is C24H38N4O6. The Hall–Kier alpha value is -1.32. The molecule has 0 aliphatic carbocycles. The van der Waals surface area contributed by atoms with E-state index in [1.807, 2.05) is 27.7 Å². The molecule has 0 spiro atoms. The van der Waals surface area contributed by atoms with Gasteiger partial charge in [0.2, 0.25) is 11.7 Å². The fraction of sp³-hybridized carbons (Fsp3) is 0.917. The van der Waals surface area contributed by atoms with Crippen molar-refractivity contribution >= 4 is 5.91 Å². The number of nitrogens with one attached hydrogen (secondary N) is 1. The predicted molar refractivity (Wildman–Crippen MR) is 120 cm³/mol. The van der Waals surface area contributed by atoms with Crippen molar-refractivity contribution in [2.45, 2.75) is 101 Å². The van der Waals surface area contributed by atoms with Crippen LogP contribution < -0.4 is 5.32 Å². The minimum atomic E-state index is -0.929. The molecule has 5 aliphatic heterocycles. The van der Waals surface area contributed by atoms with Gasteiger partial charge in [-0.05, 0) is 59.9 Å². The van der Waals surface area contributed by atoms with E-state index in [1.165, 1.54) is 0 Å². The standard InChI is InChI=1S/C24H38N4O6/c1-22(2)31-18-14-30-24(21(20(18)32-22)33-23(3,4)34-24)15-27-9-5-7-16(13-27)26-12-19(29)28-10-6-8-17(28)11-25/h16-18,20-21,26H,5-10,12-15H2,1-4H3/t16-,17+,18-,20-,21+,24+/m1/s1. The predicted octanol–water partition coefficient (Wildman–Crippen LogP) is 0.953. The topological polar surface area (TPSA) is 106 Å². The number of carbonyl (C=O) groups is 1. The highest BCUT2D eigenvalue weighted by atomic mass is 16.9. The molecule has 5 aliphatic rings. The molecule has 190 valence electrons. The van der Waals surface area contributed by atoms with Crippen LogP contribution in [0.2, 0.25) is 0 Å². The van der Waals surface area contributed by atoms with Gasteiger partial charge < -0.3 is 33.9 Å². The summed E-state index contributed by atoms with van der Waals surface area (Å²) in [6, 6.07) is 2.15. The molecule has 34 heavy (non-hydrogen) atoms. The number of rotatable bonds is 5. The summed E-state index contributed by atoms with van der Waals surface area (Å²) >= 11 is 0. The van der Waals surface area contributed by atoms with Crippen LogP contribution in [0.25, 0.3) is 0 Å². The van der Waals surface area contributed by atoms with E-state index >= 15 is 0 Å². The van der Waals surface area contributed by atoms with E-state index in [0.717, 1.165) is 38.8 Å². The summed E-state index contributed by atoms with van der Waals surface area (Å²) in [6.45, 7) is 11.2. The maximum Gasteiger partial charge on any atom is 0.237 e. The first-order chi connectivity index (χ1) is 16.1. The third-order valence-corrected chi connectivity index (χ3v) is 7.49. The molecule has 6 atom stereocenters. The monoisotopic (exact) mass is 478 g/mol. The fourth-order valence-electron chi connectivity index (χ4n) is 6.17. The summed E-state index contributed by atoms with van der Waals surface area (Å²) < 4.78 is 31.3. The first-order valence-corrected chi connectivity index (χ1v) is 12.6. The zero-order valence-electron chi connectivity index (χ0n) is 20.7. The zero-order chi connectivity index (χ0) is 24.1. The van der Waals surface area contributed by atoms with Gasteiger partial charge in [0.25, 0.3) is 0 Å². The minimum absolute atomic E-state index is 0.0109. The van der Waals surface area contributed by atoms with Crippen LogP contribution in [-0.4, -0.2) is 103 Å². The number of nitriles is 1. The molecule has 5 fully saturated rings. The molecule has 0 unspecified atom stereocenters. The van der Waals surface area contributed by atoms with Gasteiger partial charge >= 0.3 is 0 Å². The first kappa shape index (κ1) is 24.4. The summed E-state index contributed by atoms with van der Waals surface area (Å²) in [6.07, 6.45) is 2.86. The van der Waals surface area contributed by atoms with Gasteiger partial charge in [-0.15, -0.1) is 0 Å². The van der Waals surface area contributed by atoms with Crippen LogP contribution >= 0.6 is 0 Å². The number of hydrogen-bond donors (Lipinski definition) is 1. The number of fused-ring (bicyclic) bond motifs is 3. The van der Waals surface area contributed by atoms with Gasteiger partial charge in [0.1, 0.15) is 24.4 Å². The lowest BCUT2D eigenvalue weighted by atomic mass is 9.95. The van der Waals surface area contributed by atoms with E-state index in [-0.39, 0.29) is 36.7 Å². The number of likely N-dealkylation sites (tertiary alicyclic amines) is 2. The molecule has 0 bridgehead atoms. The molecule has 0 aromatic heterocycles. The van der Waals surface area contributed by atoms with E-state index in [4.69, 9.17) is 23.7 Å². The Labute approximate surface area is 201 Å². The zero-order valence-corrected chi connectivity index (χ0v) is 20.7. The van der Waals surface area contributed by atoms with Crippen molar-refractivity contribution in [3.05, 3.63) is 0 Å². The molecule has 0 aromatic rings. The third-order valence-electron chi connectivity index (χ3n) is 7.49. The lowest BCUT2D eigenvalue weighted by molar-refractivity contribution is -0.287. The summed E-state index contributed by atoms with van der Waals surface area (Å²) in [5.41, 5.74) is 0. The molecule has 5 heterocycles. The Morgan fingerprint density at radius 3 is 2.68 bits per heavy atom. The van der Waals surface area contributed by atoms with Crippen LogP contribution in [0.15, 0.2) is 0 Å². The number of carbonyl (C=O) groups excluding carboxylic acids is 1. The number of ether oxygens (including phenoxy) is 5. The molecule has 1 N–H and O–H groups in total. The van der Waals surface area contributed by atoms with E-state index in [0.29, 0.717) is 19.7 Å². The summed E-state index contributed by atoms with van der Waals surface area (Å²) in [7, 11) is 0. The first-order valence-electron chi connectivity index (χ1n) is 12.6. The van der Waals surface area contributed by atoms with E-state index < -0.39 is 23.5 Å². The van der Waals surface area contributed by atoms with E-state index in [9.17, 15) is 10.1 Å². The second-order valence-electron chi connectivity index (χ2n) is 11.1. The van der Waals surface area contributed by atoms with Crippen LogP contribution in [-0.2, 0) is 28.5 Å². The van der Waals surface area contributed by atoms with Crippen LogP contribution in [0.5, 0.6) is 0 Å². The van der Waals surface area contributed by atoms with Crippen molar-refractivity contribution < 1.29 is 28.5 Å². The summed E-state index contributed by atoms with van der Waals surface area (Å²) in [5, 5.41) is 12.7. The maximum atomic E-state index is 12.7. The fourth-order valence-corrected chi connectivity index (χ4v) is 6.17. The average Bonchev–Trinajstić information content (AvgIpc) is 3.44. The minimum Gasteiger partial charge on any atom is -0.343 e. The normalized spacial score (nSPS) is 41.1. The van der Waals surface area contributed by atoms with E-state index in [2.05, 4.69) is 16.3 Å². The van der Waals surface area contributed by atoms with Gasteiger partial charge in [0.05, 0.1) is 25.8 Å². The van der Waals surface area contributed by atoms with E-state index in [1.54, 1.807) is 4.90 Å². The average molecular weight is 479 g/mol. The van der Waals surface area contributed by atoms with Crippen LogP contribution in [0.3, 0.4) is 0 Å². The summed E-state index contributed by atoms with van der Waals surface area (Å²) in [4.78, 5) is 16.7. The number of hydrogen-bond acceptors (Lipinski definition) is 9. The van der Waals surface area contributed by atoms with Gasteiger partial charge in [0, 0.05) is 19.1 Å². The molecule has 10 heteroatoms. The Balaban J connectivity index is 1.21. The SMILES string of the molecule is CC1(C)O[C@@H]2[C@@H](CO[C@@]3(CN4CCC[C@@H](NCC(=O)N5CCC[C@H]5C#N)C4)OC(C)(C)O[C@@H]23)O1. The molecule has 5 saturated heterocycles. The van der Waals surface area contributed by atoms with Crippen molar-refractivity contribution in [1.82, 2.24) is 15.1 Å². The van der Waals surface area contributed by atoms with Crippen LogP contribution in [0, 0.1) is 11.3 Å². The molecule has 1 amide bonds. The molecule has 0 radical (unpaired) electrons. The molecular weight excluding hydrogens is 440 g/mol. The Morgan fingerprint density at radius 2 is 1.88 bits per heavy atom. The highest BCUT2D eigenvalue weighted by molar-refractivity contribution is 5.79. The number of nitrogens with zero attached hydrogens (tertiary/aromatic N) is 3. The van der Waals surface area contributed by atoms with Crippen molar-refractivity contribution in [1.29, 1.82) is 5.26 Å². The van der Waals surface area contributed by atoms with Crippen molar-refractivity contribution in [3.8, 4) is 6.07 Å². The molecule has 10 nitrogen and oxygen atoms in total. The maximum absolute atomic E-state index is 12.7. The number of amides is 1. The van der Waals surface area contributed by atoms with Gasteiger partial charge in [-0.1, -0.05) is 0 Å². The van der Waals surface area contributed by atoms with Crippen molar-refractivity contribution in [2.75, 3.05) is 39.3 Å². The van der Waals surface area contributed by atoms with Crippen LogP contribution in [0.4, 0.5) is 0 Å². The Morgan fingerprint density at radius 1 is 1.09 bits per heavy atom. The smallest absolute Gasteiger partial charge is 0.237 e. The number of piperidine rings is 1. The highest BCUT2D eigenvalue weighted by Gasteiger charge is 2.65. The second-order valence-corrected chi connectivity index (χ2v) is 11.1. The van der Waals surface area contributed by atoms with Gasteiger partial charge in [0.15, 0.2) is 11.6 Å². The lowest BCUT2D eigenvalue weighted by Gasteiger charge is -2.44. The van der Waals surface area contributed by atoms with Gasteiger partial charge in [-0.3, -0.25) is 9.69 Å². The van der Waals surface area contributed by atoms with Gasteiger partial charge in [-0.2, -0.15) is 5.26 Å². The second kappa shape index (κ2) is 8.96. The highest BCUT2D eigenvalue weighted by Crippen LogP contribution is 2.47. The third kappa shape index (κ3) is 4.72.